The minimum Gasteiger partial charge on any atom is -0.201 e. The molecule has 0 atom stereocenters. The van der Waals surface area contributed by atoms with Crippen LogP contribution in [-0.2, 0) is 7.05 Å². The van der Waals surface area contributed by atoms with Crippen LogP contribution in [0.15, 0.2) is 60.8 Å². The first-order valence-corrected chi connectivity index (χ1v) is 9.19. The van der Waals surface area contributed by atoms with Crippen molar-refractivity contribution in [1.29, 1.82) is 0 Å². The number of nitrogens with zero attached hydrogens (tertiary/aromatic N) is 1. The molecule has 3 rings (SSSR count). The summed E-state index contributed by atoms with van der Waals surface area (Å²) in [6.45, 7) is 9.69. The fourth-order valence-corrected chi connectivity index (χ4v) is 3.45. The molecule has 0 spiro atoms. The van der Waals surface area contributed by atoms with Crippen LogP contribution in [0.1, 0.15) is 58.9 Å². The summed E-state index contributed by atoms with van der Waals surface area (Å²) < 4.78 is 19.2. The van der Waals surface area contributed by atoms with Crippen LogP contribution in [0, 0.1) is 6.92 Å². The van der Waals surface area contributed by atoms with Gasteiger partial charge in [-0.2, -0.15) is 0 Å². The van der Waals surface area contributed by atoms with E-state index < -0.39 is 11.8 Å². The molecule has 0 aliphatic heterocycles. The monoisotopic (exact) mass is 346 g/mol. The minimum absolute atomic E-state index is 0.735. The molecule has 0 unspecified atom stereocenters. The molecule has 1 heterocycles. The van der Waals surface area contributed by atoms with E-state index in [0.29, 0.717) is 0 Å². The summed E-state index contributed by atoms with van der Waals surface area (Å²) in [6, 6.07) is 18.9. The van der Waals surface area contributed by atoms with Gasteiger partial charge in [0, 0.05) is 20.4 Å². The van der Waals surface area contributed by atoms with Crippen molar-refractivity contribution in [2.75, 3.05) is 0 Å². The van der Waals surface area contributed by atoms with Crippen LogP contribution in [0.2, 0.25) is 0 Å². The third-order valence-electron chi connectivity index (χ3n) is 5.00. The van der Waals surface area contributed by atoms with Gasteiger partial charge in [-0.25, -0.2) is 4.57 Å². The van der Waals surface area contributed by atoms with Crippen LogP contribution in [-0.4, -0.2) is 0 Å². The number of pyridine rings is 1. The molecular formula is C25H30N+. The van der Waals surface area contributed by atoms with Crippen molar-refractivity contribution in [3.8, 4) is 22.4 Å². The Labute approximate surface area is 161 Å². The first-order chi connectivity index (χ1) is 13.0. The lowest BCUT2D eigenvalue weighted by Gasteiger charge is -2.17. The van der Waals surface area contributed by atoms with Crippen molar-refractivity contribution < 1.29 is 7.31 Å². The van der Waals surface area contributed by atoms with E-state index in [1.165, 1.54) is 11.1 Å². The summed E-state index contributed by atoms with van der Waals surface area (Å²) >= 11 is 0. The van der Waals surface area contributed by atoms with E-state index in [9.17, 15) is 0 Å². The standard InChI is InChI=1S/C25H30N/c1-17(2)22-12-11-20(15-24(22)18(3)4)21-13-14-26(6)25(16-21)23-10-8-7-9-19(23)5/h7-18H,1-6H3/q+1/i17D,18D. The molecule has 3 aromatic rings. The molecule has 0 fully saturated rings. The number of benzene rings is 2. The Kier molecular flexibility index (Phi) is 4.53. The molecule has 0 amide bonds. The highest BCUT2D eigenvalue weighted by atomic mass is 14.9. The van der Waals surface area contributed by atoms with E-state index >= 15 is 0 Å². The second kappa shape index (κ2) is 7.45. The maximum atomic E-state index is 8.60. The number of aromatic nitrogens is 1. The summed E-state index contributed by atoms with van der Waals surface area (Å²) in [5.74, 6) is -1.50. The lowest BCUT2D eigenvalue weighted by molar-refractivity contribution is -0.660. The Morgan fingerprint density at radius 1 is 0.808 bits per heavy atom. The van der Waals surface area contributed by atoms with E-state index in [0.717, 1.165) is 27.9 Å². The van der Waals surface area contributed by atoms with E-state index in [2.05, 4.69) is 73.3 Å². The SMILES string of the molecule is [2H]C(C)(C)c1ccc(-c2cc[n+](C)c(-c3ccccc3C)c2)cc1C([2H])(C)C. The van der Waals surface area contributed by atoms with Crippen LogP contribution in [0.5, 0.6) is 0 Å². The fraction of sp³-hybridized carbons (Fsp3) is 0.320. The van der Waals surface area contributed by atoms with Gasteiger partial charge in [0.1, 0.15) is 7.05 Å². The first-order valence-electron chi connectivity index (χ1n) is 10.2. The van der Waals surface area contributed by atoms with Crippen molar-refractivity contribution in [2.24, 2.45) is 7.05 Å². The zero-order valence-corrected chi connectivity index (χ0v) is 16.7. The van der Waals surface area contributed by atoms with Crippen molar-refractivity contribution in [3.63, 3.8) is 0 Å². The van der Waals surface area contributed by atoms with Gasteiger partial charge in [0.25, 0.3) is 0 Å². The highest BCUT2D eigenvalue weighted by Crippen LogP contribution is 2.32. The molecule has 26 heavy (non-hydrogen) atoms. The normalized spacial score (nSPS) is 13.3. The van der Waals surface area contributed by atoms with Gasteiger partial charge in [-0.05, 0) is 52.6 Å². The topological polar surface area (TPSA) is 3.88 Å². The minimum atomic E-state index is -0.762. The molecule has 2 aromatic carbocycles. The van der Waals surface area contributed by atoms with Gasteiger partial charge < -0.3 is 0 Å². The molecule has 0 aliphatic rings. The average molecular weight is 347 g/mol. The zero-order valence-electron chi connectivity index (χ0n) is 18.7. The van der Waals surface area contributed by atoms with E-state index in [1.807, 2.05) is 33.8 Å². The molecule has 1 aromatic heterocycles. The summed E-state index contributed by atoms with van der Waals surface area (Å²) in [7, 11) is 2.07. The smallest absolute Gasteiger partial charge is 0.201 e. The summed E-state index contributed by atoms with van der Waals surface area (Å²) in [4.78, 5) is 0. The number of hydrogen-bond acceptors (Lipinski definition) is 0. The molecule has 0 saturated carbocycles. The van der Waals surface area contributed by atoms with Crippen LogP contribution in [0.4, 0.5) is 0 Å². The van der Waals surface area contributed by atoms with Crippen LogP contribution < -0.4 is 4.57 Å². The predicted octanol–water partition coefficient (Wildman–Crippen LogP) is 6.40. The number of hydrogen-bond donors (Lipinski definition) is 0. The summed E-state index contributed by atoms with van der Waals surface area (Å²) in [5.41, 5.74) is 7.65. The van der Waals surface area contributed by atoms with Crippen molar-refractivity contribution >= 4 is 0 Å². The van der Waals surface area contributed by atoms with Crippen LogP contribution >= 0.6 is 0 Å². The third-order valence-corrected chi connectivity index (χ3v) is 5.00. The Bertz CT molecular complexity index is 1010. The maximum Gasteiger partial charge on any atom is 0.213 e. The Morgan fingerprint density at radius 3 is 2.12 bits per heavy atom. The molecule has 1 heteroatoms. The van der Waals surface area contributed by atoms with Gasteiger partial charge >= 0.3 is 0 Å². The van der Waals surface area contributed by atoms with E-state index in [1.54, 1.807) is 0 Å². The van der Waals surface area contributed by atoms with Gasteiger partial charge in [0.2, 0.25) is 5.69 Å². The molecule has 134 valence electrons. The zero-order chi connectivity index (χ0) is 20.7. The lowest BCUT2D eigenvalue weighted by Crippen LogP contribution is -2.30. The fourth-order valence-electron chi connectivity index (χ4n) is 3.45. The van der Waals surface area contributed by atoms with Crippen molar-refractivity contribution in [2.45, 2.75) is 46.4 Å². The molecule has 1 nitrogen and oxygen atoms in total. The highest BCUT2D eigenvalue weighted by molar-refractivity contribution is 5.71. The van der Waals surface area contributed by atoms with Crippen molar-refractivity contribution in [1.82, 2.24) is 0 Å². The second-order valence-electron chi connectivity index (χ2n) is 7.49. The molecule has 0 bridgehead atoms. The first kappa shape index (κ1) is 15.8. The van der Waals surface area contributed by atoms with Gasteiger partial charge in [0.15, 0.2) is 6.20 Å². The summed E-state index contributed by atoms with van der Waals surface area (Å²) in [6.07, 6.45) is 2.09. The maximum absolute atomic E-state index is 8.60. The lowest BCUT2D eigenvalue weighted by atomic mass is 9.88. The summed E-state index contributed by atoms with van der Waals surface area (Å²) in [5, 5.41) is 0. The van der Waals surface area contributed by atoms with E-state index in [-0.39, 0.29) is 0 Å². The molecule has 0 saturated heterocycles. The second-order valence-corrected chi connectivity index (χ2v) is 7.49. The molecular weight excluding hydrogens is 314 g/mol. The Balaban J connectivity index is 2.18. The predicted molar refractivity (Wildman–Crippen MR) is 111 cm³/mol. The Morgan fingerprint density at radius 2 is 1.46 bits per heavy atom. The quantitative estimate of drug-likeness (QED) is 0.481. The largest absolute Gasteiger partial charge is 0.213 e. The van der Waals surface area contributed by atoms with Crippen molar-refractivity contribution in [3.05, 3.63) is 77.5 Å². The molecule has 0 N–H and O–H groups in total. The van der Waals surface area contributed by atoms with Crippen LogP contribution in [0.3, 0.4) is 0 Å². The van der Waals surface area contributed by atoms with Gasteiger partial charge in [-0.15, -0.1) is 0 Å². The van der Waals surface area contributed by atoms with E-state index in [4.69, 9.17) is 2.74 Å². The highest BCUT2D eigenvalue weighted by Gasteiger charge is 2.16. The molecule has 0 aliphatic carbocycles. The number of aryl methyl sites for hydroxylation is 2. The Hall–Kier alpha value is -2.41. The molecule has 0 radical (unpaired) electrons. The average Bonchev–Trinajstić information content (AvgIpc) is 2.61. The van der Waals surface area contributed by atoms with Gasteiger partial charge in [-0.3, -0.25) is 0 Å². The number of rotatable bonds is 4. The third kappa shape index (κ3) is 3.58. The van der Waals surface area contributed by atoms with Gasteiger partial charge in [0.05, 0.1) is 0 Å². The van der Waals surface area contributed by atoms with Gasteiger partial charge in [-0.1, -0.05) is 64.1 Å². The van der Waals surface area contributed by atoms with Crippen LogP contribution in [0.25, 0.3) is 22.4 Å².